The van der Waals surface area contributed by atoms with Gasteiger partial charge in [0.1, 0.15) is 0 Å². The minimum Gasteiger partial charge on any atom is -0.394 e. The molecule has 0 unspecified atom stereocenters. The maximum Gasteiger partial charge on any atom is 0.189 e. The fourth-order valence-corrected chi connectivity index (χ4v) is 1.17. The van der Waals surface area contributed by atoms with Crippen LogP contribution in [0, 0.1) is 0 Å². The molecule has 13 heavy (non-hydrogen) atoms. The lowest BCUT2D eigenvalue weighted by molar-refractivity contribution is 0.169. The Morgan fingerprint density at radius 2 is 1.92 bits per heavy atom. The van der Waals surface area contributed by atoms with Crippen molar-refractivity contribution in [2.45, 2.75) is 39.2 Å². The summed E-state index contributed by atoms with van der Waals surface area (Å²) in [5.74, 6) is 0.417. The first-order valence-electron chi connectivity index (χ1n) is 4.83. The van der Waals surface area contributed by atoms with E-state index in [4.69, 9.17) is 5.73 Å². The number of nitrogens with zero attached hydrogens (tertiary/aromatic N) is 1. The molecule has 0 saturated heterocycles. The molecule has 4 N–H and O–H groups in total. The standard InChI is InChI=1S/C9H21N3O/c1-4-9(5-2,7-13)12-8(10)11-6-3/h13H,4-7H2,1-3H3,(H3,10,11,12). The van der Waals surface area contributed by atoms with Crippen LogP contribution in [0.3, 0.4) is 0 Å². The molecular weight excluding hydrogens is 166 g/mol. The molecule has 0 aromatic heterocycles. The third-order valence-electron chi connectivity index (χ3n) is 2.38. The van der Waals surface area contributed by atoms with E-state index in [1.54, 1.807) is 0 Å². The van der Waals surface area contributed by atoms with Crippen LogP contribution in [0.1, 0.15) is 33.6 Å². The molecule has 4 heteroatoms. The SMILES string of the molecule is CCN=C(N)NC(CC)(CC)CO. The van der Waals surface area contributed by atoms with Gasteiger partial charge in [-0.05, 0) is 19.8 Å². The lowest BCUT2D eigenvalue weighted by atomic mass is 9.94. The van der Waals surface area contributed by atoms with E-state index >= 15 is 0 Å². The number of hydrogen-bond donors (Lipinski definition) is 3. The maximum absolute atomic E-state index is 9.22. The molecular formula is C9H21N3O. The van der Waals surface area contributed by atoms with Crippen molar-refractivity contribution in [3.8, 4) is 0 Å². The molecule has 0 fully saturated rings. The molecule has 0 amide bonds. The minimum absolute atomic E-state index is 0.0833. The summed E-state index contributed by atoms with van der Waals surface area (Å²) >= 11 is 0. The van der Waals surface area contributed by atoms with Crippen LogP contribution in [0.2, 0.25) is 0 Å². The Bertz CT molecular complexity index is 156. The Labute approximate surface area is 80.2 Å². The van der Waals surface area contributed by atoms with E-state index in [-0.39, 0.29) is 12.1 Å². The second-order valence-electron chi connectivity index (χ2n) is 3.13. The van der Waals surface area contributed by atoms with Gasteiger partial charge in [-0.3, -0.25) is 4.99 Å². The van der Waals surface area contributed by atoms with Gasteiger partial charge >= 0.3 is 0 Å². The summed E-state index contributed by atoms with van der Waals surface area (Å²) in [7, 11) is 0. The normalized spacial score (nSPS) is 13.1. The molecule has 0 atom stereocenters. The predicted molar refractivity (Wildman–Crippen MR) is 55.7 cm³/mol. The van der Waals surface area contributed by atoms with Crippen molar-refractivity contribution >= 4 is 5.96 Å². The van der Waals surface area contributed by atoms with Crippen LogP contribution >= 0.6 is 0 Å². The van der Waals surface area contributed by atoms with Gasteiger partial charge in [-0.1, -0.05) is 13.8 Å². The van der Waals surface area contributed by atoms with E-state index in [1.807, 2.05) is 20.8 Å². The highest BCUT2D eigenvalue weighted by molar-refractivity contribution is 5.78. The van der Waals surface area contributed by atoms with Gasteiger partial charge < -0.3 is 16.2 Å². The summed E-state index contributed by atoms with van der Waals surface area (Å²) in [6.07, 6.45) is 1.67. The molecule has 0 aliphatic carbocycles. The quantitative estimate of drug-likeness (QED) is 0.432. The summed E-state index contributed by atoms with van der Waals surface area (Å²) in [4.78, 5) is 4.03. The van der Waals surface area contributed by atoms with E-state index in [2.05, 4.69) is 10.3 Å². The van der Waals surface area contributed by atoms with Crippen molar-refractivity contribution in [2.24, 2.45) is 10.7 Å². The van der Waals surface area contributed by atoms with E-state index in [1.165, 1.54) is 0 Å². The summed E-state index contributed by atoms with van der Waals surface area (Å²) in [5.41, 5.74) is 5.32. The van der Waals surface area contributed by atoms with Crippen molar-refractivity contribution < 1.29 is 5.11 Å². The van der Waals surface area contributed by atoms with Crippen molar-refractivity contribution in [3.63, 3.8) is 0 Å². The summed E-state index contributed by atoms with van der Waals surface area (Å²) < 4.78 is 0. The first kappa shape index (κ1) is 12.2. The highest BCUT2D eigenvalue weighted by atomic mass is 16.3. The molecule has 0 radical (unpaired) electrons. The van der Waals surface area contributed by atoms with Gasteiger partial charge in [0.25, 0.3) is 0 Å². The molecule has 0 aromatic rings. The molecule has 4 nitrogen and oxygen atoms in total. The van der Waals surface area contributed by atoms with Gasteiger partial charge in [0, 0.05) is 6.54 Å². The van der Waals surface area contributed by atoms with Crippen LogP contribution in [0.4, 0.5) is 0 Å². The molecule has 0 heterocycles. The Balaban J connectivity index is 4.32. The fourth-order valence-electron chi connectivity index (χ4n) is 1.17. The first-order chi connectivity index (χ1) is 6.14. The first-order valence-corrected chi connectivity index (χ1v) is 4.83. The Morgan fingerprint density at radius 3 is 2.23 bits per heavy atom. The zero-order chi connectivity index (χ0) is 10.3. The van der Waals surface area contributed by atoms with E-state index in [0.29, 0.717) is 12.5 Å². The van der Waals surface area contributed by atoms with Gasteiger partial charge in [0.05, 0.1) is 12.1 Å². The van der Waals surface area contributed by atoms with E-state index in [0.717, 1.165) is 12.8 Å². The number of rotatable bonds is 5. The lowest BCUT2D eigenvalue weighted by Gasteiger charge is -2.31. The highest BCUT2D eigenvalue weighted by Gasteiger charge is 2.25. The van der Waals surface area contributed by atoms with Crippen LogP contribution in [0.15, 0.2) is 4.99 Å². The number of aliphatic hydroxyl groups excluding tert-OH is 1. The van der Waals surface area contributed by atoms with Crippen molar-refractivity contribution in [3.05, 3.63) is 0 Å². The van der Waals surface area contributed by atoms with Gasteiger partial charge in [-0.15, -0.1) is 0 Å². The monoisotopic (exact) mass is 187 g/mol. The van der Waals surface area contributed by atoms with Crippen molar-refractivity contribution in [2.75, 3.05) is 13.2 Å². The molecule has 0 rings (SSSR count). The number of hydrogen-bond acceptors (Lipinski definition) is 2. The Morgan fingerprint density at radius 1 is 1.38 bits per heavy atom. The molecule has 0 aliphatic rings. The molecule has 0 saturated carbocycles. The highest BCUT2D eigenvalue weighted by Crippen LogP contribution is 2.13. The number of nitrogens with one attached hydrogen (secondary N) is 1. The smallest absolute Gasteiger partial charge is 0.189 e. The van der Waals surface area contributed by atoms with Crippen LogP contribution in [0.25, 0.3) is 0 Å². The number of aliphatic hydroxyl groups is 1. The molecule has 0 spiro atoms. The zero-order valence-electron chi connectivity index (χ0n) is 8.80. The third-order valence-corrected chi connectivity index (χ3v) is 2.38. The lowest BCUT2D eigenvalue weighted by Crippen LogP contribution is -2.53. The summed E-state index contributed by atoms with van der Waals surface area (Å²) in [6, 6.07) is 0. The minimum atomic E-state index is -0.303. The second-order valence-corrected chi connectivity index (χ2v) is 3.13. The maximum atomic E-state index is 9.22. The summed E-state index contributed by atoms with van der Waals surface area (Å²) in [5, 5.41) is 12.3. The van der Waals surface area contributed by atoms with E-state index < -0.39 is 0 Å². The zero-order valence-corrected chi connectivity index (χ0v) is 8.80. The van der Waals surface area contributed by atoms with E-state index in [9.17, 15) is 5.11 Å². The van der Waals surface area contributed by atoms with Crippen LogP contribution < -0.4 is 11.1 Å². The number of guanidine groups is 1. The van der Waals surface area contributed by atoms with Crippen LogP contribution in [-0.4, -0.2) is 29.8 Å². The molecule has 0 aromatic carbocycles. The summed E-state index contributed by atoms with van der Waals surface area (Å²) in [6.45, 7) is 6.71. The number of aliphatic imine (C=N–C) groups is 1. The van der Waals surface area contributed by atoms with Crippen molar-refractivity contribution in [1.82, 2.24) is 5.32 Å². The Hall–Kier alpha value is -0.770. The predicted octanol–water partition coefficient (Wildman–Crippen LogP) is 0.462. The topological polar surface area (TPSA) is 70.6 Å². The average molecular weight is 187 g/mol. The fraction of sp³-hybridized carbons (Fsp3) is 0.889. The van der Waals surface area contributed by atoms with Gasteiger partial charge in [-0.2, -0.15) is 0 Å². The van der Waals surface area contributed by atoms with Gasteiger partial charge in [0.2, 0.25) is 0 Å². The number of nitrogens with two attached hydrogens (primary N) is 1. The Kier molecular flexibility index (Phi) is 5.46. The third kappa shape index (κ3) is 3.63. The average Bonchev–Trinajstić information content (AvgIpc) is 2.15. The largest absolute Gasteiger partial charge is 0.394 e. The van der Waals surface area contributed by atoms with Crippen LogP contribution in [0.5, 0.6) is 0 Å². The van der Waals surface area contributed by atoms with Crippen LogP contribution in [-0.2, 0) is 0 Å². The molecule has 78 valence electrons. The van der Waals surface area contributed by atoms with Gasteiger partial charge in [0.15, 0.2) is 5.96 Å². The van der Waals surface area contributed by atoms with Gasteiger partial charge in [-0.25, -0.2) is 0 Å². The molecule has 0 bridgehead atoms. The molecule has 0 aliphatic heterocycles. The second kappa shape index (κ2) is 5.80. The van der Waals surface area contributed by atoms with Crippen molar-refractivity contribution in [1.29, 1.82) is 0 Å².